The number of hydrogen-bond donors (Lipinski definition) is 0. The van der Waals surface area contributed by atoms with Gasteiger partial charge >= 0.3 is 0 Å². The molecule has 0 radical (unpaired) electrons. The van der Waals surface area contributed by atoms with Crippen molar-refractivity contribution in [1.29, 1.82) is 0 Å². The molecule has 1 aromatic rings. The third-order valence-corrected chi connectivity index (χ3v) is 2.13. The van der Waals surface area contributed by atoms with Crippen molar-refractivity contribution in [2.24, 2.45) is 0 Å². The van der Waals surface area contributed by atoms with Gasteiger partial charge in [0.25, 0.3) is 0 Å². The molecule has 2 heterocycles. The summed E-state index contributed by atoms with van der Waals surface area (Å²) in [5, 5.41) is 0.553. The number of rotatable bonds is 2. The molecule has 4 heteroatoms. The van der Waals surface area contributed by atoms with Crippen LogP contribution in [0.4, 0.5) is 0 Å². The Bertz CT molecular complexity index is 313. The van der Waals surface area contributed by atoms with E-state index in [2.05, 4.69) is 4.98 Å². The van der Waals surface area contributed by atoms with Gasteiger partial charge in [0.15, 0.2) is 0 Å². The van der Waals surface area contributed by atoms with E-state index in [-0.39, 0.29) is 6.10 Å². The Morgan fingerprint density at radius 1 is 1.40 bits per heavy atom. The van der Waals surface area contributed by atoms with E-state index >= 15 is 0 Å². The SMILES string of the molecule is CC.Cc1ccc(Cl)c(OC2COC2)n1. The molecule has 1 aromatic heterocycles. The summed E-state index contributed by atoms with van der Waals surface area (Å²) in [5.41, 5.74) is 0.902. The molecule has 0 aliphatic carbocycles. The fourth-order valence-electron chi connectivity index (χ4n) is 1.04. The molecule has 0 amide bonds. The Balaban J connectivity index is 0.000000531. The standard InChI is InChI=1S/C9H10ClNO2.C2H6/c1-6-2-3-8(10)9(11-6)13-7-4-12-5-7;1-2/h2-3,7H,4-5H2,1H3;1-2H3. The van der Waals surface area contributed by atoms with Crippen molar-refractivity contribution in [2.45, 2.75) is 26.9 Å². The molecule has 2 rings (SSSR count). The predicted molar refractivity (Wildman–Crippen MR) is 60.6 cm³/mol. The lowest BCUT2D eigenvalue weighted by molar-refractivity contribution is -0.0813. The van der Waals surface area contributed by atoms with E-state index in [9.17, 15) is 0 Å². The van der Waals surface area contributed by atoms with Crippen LogP contribution in [0.5, 0.6) is 5.88 Å². The molecule has 0 N–H and O–H groups in total. The van der Waals surface area contributed by atoms with E-state index in [4.69, 9.17) is 21.1 Å². The van der Waals surface area contributed by atoms with Gasteiger partial charge in [0.05, 0.1) is 13.2 Å². The van der Waals surface area contributed by atoms with Crippen LogP contribution < -0.4 is 4.74 Å². The first kappa shape index (κ1) is 12.3. The maximum atomic E-state index is 5.89. The van der Waals surface area contributed by atoms with Gasteiger partial charge < -0.3 is 9.47 Å². The van der Waals surface area contributed by atoms with Gasteiger partial charge in [-0.1, -0.05) is 25.4 Å². The van der Waals surface area contributed by atoms with E-state index in [1.807, 2.05) is 26.8 Å². The minimum Gasteiger partial charge on any atom is -0.468 e. The van der Waals surface area contributed by atoms with Gasteiger partial charge in [0.1, 0.15) is 11.1 Å². The quantitative estimate of drug-likeness (QED) is 0.782. The lowest BCUT2D eigenvalue weighted by Crippen LogP contribution is -2.38. The van der Waals surface area contributed by atoms with Crippen LogP contribution in [0.2, 0.25) is 5.02 Å². The summed E-state index contributed by atoms with van der Waals surface area (Å²) < 4.78 is 10.5. The maximum absolute atomic E-state index is 5.89. The first-order chi connectivity index (χ1) is 7.25. The summed E-state index contributed by atoms with van der Waals surface area (Å²) in [7, 11) is 0. The second-order valence-corrected chi connectivity index (χ2v) is 3.42. The second-order valence-electron chi connectivity index (χ2n) is 3.02. The monoisotopic (exact) mass is 229 g/mol. The van der Waals surface area contributed by atoms with Crippen molar-refractivity contribution in [3.63, 3.8) is 0 Å². The number of ether oxygens (including phenoxy) is 2. The molecule has 0 atom stereocenters. The summed E-state index contributed by atoms with van der Waals surface area (Å²) in [6.07, 6.45) is 0.117. The first-order valence-corrected chi connectivity index (χ1v) is 5.51. The second kappa shape index (κ2) is 5.93. The molecule has 84 valence electrons. The minimum atomic E-state index is 0.117. The Morgan fingerprint density at radius 2 is 2.07 bits per heavy atom. The fourth-order valence-corrected chi connectivity index (χ4v) is 1.19. The largest absolute Gasteiger partial charge is 0.468 e. The third-order valence-electron chi connectivity index (χ3n) is 1.84. The molecule has 1 aliphatic heterocycles. The average molecular weight is 230 g/mol. The molecule has 0 unspecified atom stereocenters. The van der Waals surface area contributed by atoms with Gasteiger partial charge in [-0.3, -0.25) is 0 Å². The number of pyridine rings is 1. The average Bonchev–Trinajstić information content (AvgIpc) is 2.20. The summed E-state index contributed by atoms with van der Waals surface area (Å²) in [6.45, 7) is 7.17. The Kier molecular flexibility index (Phi) is 4.85. The third kappa shape index (κ3) is 3.36. The van der Waals surface area contributed by atoms with Crippen molar-refractivity contribution >= 4 is 11.6 Å². The summed E-state index contributed by atoms with van der Waals surface area (Å²) in [5.74, 6) is 0.509. The molecular formula is C11H16ClNO2. The van der Waals surface area contributed by atoms with E-state index < -0.39 is 0 Å². The van der Waals surface area contributed by atoms with E-state index in [0.29, 0.717) is 24.1 Å². The molecular weight excluding hydrogens is 214 g/mol. The fraction of sp³-hybridized carbons (Fsp3) is 0.545. The smallest absolute Gasteiger partial charge is 0.233 e. The van der Waals surface area contributed by atoms with Crippen LogP contribution in [0.3, 0.4) is 0 Å². The van der Waals surface area contributed by atoms with Crippen molar-refractivity contribution in [1.82, 2.24) is 4.98 Å². The van der Waals surface area contributed by atoms with Gasteiger partial charge in [-0.05, 0) is 19.1 Å². The van der Waals surface area contributed by atoms with Crippen LogP contribution in [0.15, 0.2) is 12.1 Å². The van der Waals surface area contributed by atoms with Crippen molar-refractivity contribution < 1.29 is 9.47 Å². The zero-order valence-corrected chi connectivity index (χ0v) is 10.0. The summed E-state index contributed by atoms with van der Waals surface area (Å²) in [4.78, 5) is 4.18. The van der Waals surface area contributed by atoms with Crippen LogP contribution in [-0.2, 0) is 4.74 Å². The van der Waals surface area contributed by atoms with Crippen LogP contribution in [0.1, 0.15) is 19.5 Å². The summed E-state index contributed by atoms with van der Waals surface area (Å²) >= 11 is 5.89. The van der Waals surface area contributed by atoms with Crippen LogP contribution in [0.25, 0.3) is 0 Å². The number of aromatic nitrogens is 1. The Labute approximate surface area is 95.4 Å². The normalized spacial score (nSPS) is 14.9. The summed E-state index contributed by atoms with van der Waals surface area (Å²) in [6, 6.07) is 3.64. The lowest BCUT2D eigenvalue weighted by Gasteiger charge is -2.26. The number of aryl methyl sites for hydroxylation is 1. The number of nitrogens with zero attached hydrogens (tertiary/aromatic N) is 1. The molecule has 1 saturated heterocycles. The molecule has 0 saturated carbocycles. The van der Waals surface area contributed by atoms with Gasteiger partial charge in [-0.25, -0.2) is 4.98 Å². The van der Waals surface area contributed by atoms with Crippen LogP contribution >= 0.6 is 11.6 Å². The highest BCUT2D eigenvalue weighted by atomic mass is 35.5. The number of halogens is 1. The van der Waals surface area contributed by atoms with Gasteiger partial charge in [0.2, 0.25) is 5.88 Å². The van der Waals surface area contributed by atoms with Crippen molar-refractivity contribution in [3.05, 3.63) is 22.8 Å². The van der Waals surface area contributed by atoms with E-state index in [1.54, 1.807) is 6.07 Å². The number of hydrogen-bond acceptors (Lipinski definition) is 3. The molecule has 1 fully saturated rings. The van der Waals surface area contributed by atoms with Gasteiger partial charge in [-0.2, -0.15) is 0 Å². The predicted octanol–water partition coefficient (Wildman–Crippen LogP) is 2.85. The minimum absolute atomic E-state index is 0.117. The lowest BCUT2D eigenvalue weighted by atomic mass is 10.3. The van der Waals surface area contributed by atoms with Crippen molar-refractivity contribution in [3.8, 4) is 5.88 Å². The van der Waals surface area contributed by atoms with Crippen molar-refractivity contribution in [2.75, 3.05) is 13.2 Å². The maximum Gasteiger partial charge on any atom is 0.233 e. The Morgan fingerprint density at radius 3 is 2.60 bits per heavy atom. The highest BCUT2D eigenvalue weighted by Crippen LogP contribution is 2.24. The molecule has 0 aromatic carbocycles. The molecule has 15 heavy (non-hydrogen) atoms. The van der Waals surface area contributed by atoms with Gasteiger partial charge in [-0.15, -0.1) is 0 Å². The van der Waals surface area contributed by atoms with E-state index in [0.717, 1.165) is 5.69 Å². The molecule has 1 aliphatic rings. The zero-order valence-electron chi connectivity index (χ0n) is 9.29. The first-order valence-electron chi connectivity index (χ1n) is 5.13. The van der Waals surface area contributed by atoms with Crippen LogP contribution in [0, 0.1) is 6.92 Å². The molecule has 3 nitrogen and oxygen atoms in total. The highest BCUT2D eigenvalue weighted by molar-refractivity contribution is 6.31. The van der Waals surface area contributed by atoms with E-state index in [1.165, 1.54) is 0 Å². The zero-order chi connectivity index (χ0) is 11.3. The highest BCUT2D eigenvalue weighted by Gasteiger charge is 2.21. The van der Waals surface area contributed by atoms with Gasteiger partial charge in [0, 0.05) is 5.69 Å². The Hall–Kier alpha value is -0.800. The molecule has 0 bridgehead atoms. The van der Waals surface area contributed by atoms with Crippen LogP contribution in [-0.4, -0.2) is 24.3 Å². The topological polar surface area (TPSA) is 31.4 Å². The molecule has 0 spiro atoms.